The molecular weight excluding hydrogens is 115 g/mol. The Hall–Kier alpha value is 0.0774. The molecule has 0 saturated carbocycles. The first-order chi connectivity index (χ1) is 4.43. The zero-order valence-corrected chi connectivity index (χ0v) is 6.01. The number of unbranched alkanes of at least 4 members (excludes halogenated alkanes) is 1. The van der Waals surface area contributed by atoms with Gasteiger partial charge in [0.1, 0.15) is 0 Å². The molecule has 0 atom stereocenters. The summed E-state index contributed by atoms with van der Waals surface area (Å²) >= 11 is 0. The van der Waals surface area contributed by atoms with E-state index in [1.165, 1.54) is 19.3 Å². The molecule has 0 heterocycles. The molecule has 0 bridgehead atoms. The topological polar surface area (TPSA) is 0 Å². The van der Waals surface area contributed by atoms with Gasteiger partial charge in [0.2, 0.25) is 0 Å². The van der Waals surface area contributed by atoms with Crippen LogP contribution < -0.4 is 0 Å². The van der Waals surface area contributed by atoms with Crippen LogP contribution in [-0.4, -0.2) is 18.9 Å². The molecule has 52 valence electrons. The molecule has 0 N–H and O–H groups in total. The summed E-state index contributed by atoms with van der Waals surface area (Å²) in [6, 6.07) is 0. The summed E-state index contributed by atoms with van der Waals surface area (Å²) in [6.45, 7) is 2.24. The van der Waals surface area contributed by atoms with E-state index in [1.807, 2.05) is 0 Å². The van der Waals surface area contributed by atoms with Gasteiger partial charge < -0.3 is 0 Å². The molecule has 0 aromatic carbocycles. The molecule has 1 aliphatic carbocycles. The van der Waals surface area contributed by atoms with Crippen molar-refractivity contribution in [3.8, 4) is 0 Å². The van der Waals surface area contributed by atoms with E-state index in [4.69, 9.17) is 0 Å². The van der Waals surface area contributed by atoms with Crippen LogP contribution in [0.1, 0.15) is 26.2 Å². The van der Waals surface area contributed by atoms with Gasteiger partial charge in [0.05, 0.1) is 0 Å². The summed E-state index contributed by atoms with van der Waals surface area (Å²) in [5.74, 6) is 0.755. The zero-order chi connectivity index (χ0) is 6.53. The molecule has 1 rings (SSSR count). The van der Waals surface area contributed by atoms with E-state index in [-0.39, 0.29) is 18.9 Å². The molecule has 0 radical (unpaired) electrons. The maximum atomic E-state index is 2.27. The average molecular weight is 130 g/mol. The summed E-state index contributed by atoms with van der Waals surface area (Å²) in [7, 11) is 0. The van der Waals surface area contributed by atoms with Crippen LogP contribution in [0.25, 0.3) is 0 Å². The molecule has 0 aromatic rings. The first-order valence-electron chi connectivity index (χ1n) is 3.78. The first kappa shape index (κ1) is 10.1. The van der Waals surface area contributed by atoms with Crippen molar-refractivity contribution in [2.24, 2.45) is 5.92 Å². The Bertz CT molecular complexity index is 113. The summed E-state index contributed by atoms with van der Waals surface area (Å²) in [5, 5.41) is 0. The van der Waals surface area contributed by atoms with E-state index >= 15 is 0 Å². The summed E-state index contributed by atoms with van der Waals surface area (Å²) in [6.07, 6.45) is 12.8. The van der Waals surface area contributed by atoms with Crippen molar-refractivity contribution in [1.29, 1.82) is 0 Å². The van der Waals surface area contributed by atoms with Crippen molar-refractivity contribution in [2.75, 3.05) is 0 Å². The Labute approximate surface area is 75.6 Å². The first-order valence-corrected chi connectivity index (χ1v) is 3.78. The molecule has 0 nitrogen and oxygen atoms in total. The minimum atomic E-state index is 0. The Morgan fingerprint density at radius 1 is 1.20 bits per heavy atom. The van der Waals surface area contributed by atoms with E-state index in [2.05, 4.69) is 31.2 Å². The second-order valence-corrected chi connectivity index (χ2v) is 2.58. The van der Waals surface area contributed by atoms with E-state index < -0.39 is 0 Å². The fourth-order valence-electron chi connectivity index (χ4n) is 1.11. The van der Waals surface area contributed by atoms with Crippen molar-refractivity contribution in [3.05, 3.63) is 24.3 Å². The van der Waals surface area contributed by atoms with Crippen LogP contribution in [0.2, 0.25) is 0 Å². The van der Waals surface area contributed by atoms with Crippen molar-refractivity contribution >= 4 is 18.9 Å². The van der Waals surface area contributed by atoms with Crippen LogP contribution in [0.5, 0.6) is 0 Å². The summed E-state index contributed by atoms with van der Waals surface area (Å²) in [5.41, 5.74) is 0. The van der Waals surface area contributed by atoms with Gasteiger partial charge >= 0.3 is 18.9 Å². The third-order valence-electron chi connectivity index (χ3n) is 1.72. The predicted molar refractivity (Wildman–Crippen MR) is 48.4 cm³/mol. The van der Waals surface area contributed by atoms with E-state index in [9.17, 15) is 0 Å². The molecule has 0 spiro atoms. The summed E-state index contributed by atoms with van der Waals surface area (Å²) in [4.78, 5) is 0. The fraction of sp³-hybridized carbons (Fsp3) is 0.556. The zero-order valence-electron chi connectivity index (χ0n) is 6.01. The van der Waals surface area contributed by atoms with Gasteiger partial charge in [-0.3, -0.25) is 0 Å². The monoisotopic (exact) mass is 130 g/mol. The van der Waals surface area contributed by atoms with Crippen LogP contribution in [0.15, 0.2) is 24.3 Å². The van der Waals surface area contributed by atoms with E-state index in [0.29, 0.717) is 0 Å². The van der Waals surface area contributed by atoms with Gasteiger partial charge in [-0.25, -0.2) is 0 Å². The van der Waals surface area contributed by atoms with Gasteiger partial charge in [0, 0.05) is 0 Å². The third kappa shape index (κ3) is 3.30. The SMILES string of the molecule is CCCCC1C=CC=C1.[LiH]. The van der Waals surface area contributed by atoms with Gasteiger partial charge in [0.15, 0.2) is 0 Å². The van der Waals surface area contributed by atoms with Gasteiger partial charge in [-0.1, -0.05) is 44.1 Å². The van der Waals surface area contributed by atoms with Crippen molar-refractivity contribution < 1.29 is 0 Å². The Morgan fingerprint density at radius 2 is 1.80 bits per heavy atom. The predicted octanol–water partition coefficient (Wildman–Crippen LogP) is 2.27. The molecule has 0 aromatic heterocycles. The molecular formula is C9H15Li. The Morgan fingerprint density at radius 3 is 2.30 bits per heavy atom. The number of hydrogen-bond acceptors (Lipinski definition) is 0. The molecule has 10 heavy (non-hydrogen) atoms. The van der Waals surface area contributed by atoms with Gasteiger partial charge in [-0.05, 0) is 12.3 Å². The normalized spacial score (nSPS) is 15.7. The van der Waals surface area contributed by atoms with Crippen molar-refractivity contribution in [2.45, 2.75) is 26.2 Å². The Kier molecular flexibility index (Phi) is 5.88. The van der Waals surface area contributed by atoms with Crippen LogP contribution in [0.3, 0.4) is 0 Å². The van der Waals surface area contributed by atoms with Crippen molar-refractivity contribution in [1.82, 2.24) is 0 Å². The van der Waals surface area contributed by atoms with E-state index in [1.54, 1.807) is 0 Å². The number of hydrogen-bond donors (Lipinski definition) is 0. The summed E-state index contributed by atoms with van der Waals surface area (Å²) < 4.78 is 0. The Balaban J connectivity index is 0.000000810. The number of allylic oxidation sites excluding steroid dienone is 4. The quantitative estimate of drug-likeness (QED) is 0.514. The molecule has 1 heteroatoms. The molecule has 0 fully saturated rings. The maximum absolute atomic E-state index is 2.27. The van der Waals surface area contributed by atoms with Crippen LogP contribution in [0, 0.1) is 5.92 Å². The van der Waals surface area contributed by atoms with E-state index in [0.717, 1.165) is 5.92 Å². The van der Waals surface area contributed by atoms with Crippen molar-refractivity contribution in [3.63, 3.8) is 0 Å². The van der Waals surface area contributed by atoms with Gasteiger partial charge in [-0.15, -0.1) is 0 Å². The molecule has 0 unspecified atom stereocenters. The molecule has 0 amide bonds. The second-order valence-electron chi connectivity index (χ2n) is 2.58. The number of rotatable bonds is 3. The molecule has 0 aliphatic heterocycles. The van der Waals surface area contributed by atoms with Gasteiger partial charge in [-0.2, -0.15) is 0 Å². The average Bonchev–Trinajstić information content (AvgIpc) is 2.34. The standard InChI is InChI=1S/C9H14.Li.H/c1-2-3-6-9-7-4-5-8-9;;/h4-5,7-9H,2-3,6H2,1H3;;. The van der Waals surface area contributed by atoms with Crippen LogP contribution in [-0.2, 0) is 0 Å². The molecule has 0 saturated heterocycles. The fourth-order valence-corrected chi connectivity index (χ4v) is 1.11. The molecule has 1 aliphatic rings. The van der Waals surface area contributed by atoms with Crippen LogP contribution >= 0.6 is 0 Å². The third-order valence-corrected chi connectivity index (χ3v) is 1.72. The second kappa shape index (κ2) is 5.83. The van der Waals surface area contributed by atoms with Gasteiger partial charge in [0.25, 0.3) is 0 Å². The minimum absolute atomic E-state index is 0. The van der Waals surface area contributed by atoms with Crippen LogP contribution in [0.4, 0.5) is 0 Å².